The minimum Gasteiger partial charge on any atom is -0.377 e. The van der Waals surface area contributed by atoms with Crippen molar-refractivity contribution in [1.29, 1.82) is 0 Å². The van der Waals surface area contributed by atoms with Gasteiger partial charge >= 0.3 is 0 Å². The number of nitrogens with one attached hydrogen (secondary N) is 1. The predicted octanol–water partition coefficient (Wildman–Crippen LogP) is 0.269. The Labute approximate surface area is 85.2 Å². The van der Waals surface area contributed by atoms with Crippen LogP contribution in [-0.4, -0.2) is 36.9 Å². The Morgan fingerprint density at radius 1 is 1.43 bits per heavy atom. The summed E-state index contributed by atoms with van der Waals surface area (Å²) in [7, 11) is 3.03. The summed E-state index contributed by atoms with van der Waals surface area (Å²) in [4.78, 5) is 11.1. The molecule has 1 amide bonds. The van der Waals surface area contributed by atoms with E-state index in [1.807, 2.05) is 0 Å². The molecule has 0 spiro atoms. The Morgan fingerprint density at radius 3 is 2.86 bits per heavy atom. The van der Waals surface area contributed by atoms with Crippen molar-refractivity contribution in [2.24, 2.45) is 0 Å². The average molecular weight is 217 g/mol. The molecule has 0 bridgehead atoms. The van der Waals surface area contributed by atoms with Crippen LogP contribution < -0.4 is 5.32 Å². The van der Waals surface area contributed by atoms with Gasteiger partial charge in [0.1, 0.15) is 18.2 Å². The highest BCUT2D eigenvalue weighted by molar-refractivity contribution is 7.15. The molecular formula is C7H11N3O3S. The van der Waals surface area contributed by atoms with E-state index in [-0.39, 0.29) is 12.5 Å². The minimum atomic E-state index is -0.243. The molecule has 0 aliphatic carbocycles. The Kier molecular flexibility index (Phi) is 4.44. The standard InChI is InChI=1S/C7H11N3O3S/c1-12-3-5(11)8-7-10-9-6(14-7)4-13-2/h3-4H2,1-2H3,(H,8,10,11). The van der Waals surface area contributed by atoms with Crippen molar-refractivity contribution in [3.8, 4) is 0 Å². The van der Waals surface area contributed by atoms with Crippen LogP contribution in [0.1, 0.15) is 5.01 Å². The molecule has 1 N–H and O–H groups in total. The second-order valence-corrected chi connectivity index (χ2v) is 3.48. The molecule has 1 heterocycles. The first-order chi connectivity index (χ1) is 6.76. The van der Waals surface area contributed by atoms with Crippen LogP contribution in [-0.2, 0) is 20.9 Å². The summed E-state index contributed by atoms with van der Waals surface area (Å²) < 4.78 is 9.51. The third-order valence-electron chi connectivity index (χ3n) is 1.26. The molecule has 0 saturated heterocycles. The molecule has 0 radical (unpaired) electrons. The number of aromatic nitrogens is 2. The van der Waals surface area contributed by atoms with Gasteiger partial charge in [0, 0.05) is 14.2 Å². The first kappa shape index (κ1) is 11.0. The molecule has 0 atom stereocenters. The van der Waals surface area contributed by atoms with Crippen LogP contribution >= 0.6 is 11.3 Å². The van der Waals surface area contributed by atoms with Gasteiger partial charge in [-0.1, -0.05) is 11.3 Å². The maximum atomic E-state index is 11.1. The van der Waals surface area contributed by atoms with Crippen LogP contribution in [0.2, 0.25) is 0 Å². The van der Waals surface area contributed by atoms with Gasteiger partial charge in [-0.15, -0.1) is 10.2 Å². The second-order valence-electron chi connectivity index (χ2n) is 2.42. The zero-order chi connectivity index (χ0) is 10.4. The number of ether oxygens (including phenoxy) is 2. The molecule has 7 heteroatoms. The highest BCUT2D eigenvalue weighted by Crippen LogP contribution is 2.15. The summed E-state index contributed by atoms with van der Waals surface area (Å²) in [5.74, 6) is -0.243. The summed E-state index contributed by atoms with van der Waals surface area (Å²) in [6.45, 7) is 0.414. The van der Waals surface area contributed by atoms with E-state index in [0.29, 0.717) is 11.7 Å². The number of amides is 1. The van der Waals surface area contributed by atoms with Crippen LogP contribution in [0, 0.1) is 0 Å². The molecule has 1 aromatic rings. The maximum Gasteiger partial charge on any atom is 0.252 e. The number of nitrogens with zero attached hydrogens (tertiary/aromatic N) is 2. The van der Waals surface area contributed by atoms with Gasteiger partial charge in [0.2, 0.25) is 5.13 Å². The van der Waals surface area contributed by atoms with Crippen molar-refractivity contribution in [3.05, 3.63) is 5.01 Å². The lowest BCUT2D eigenvalue weighted by molar-refractivity contribution is -0.119. The molecule has 0 aliphatic rings. The SMILES string of the molecule is COCC(=O)Nc1nnc(COC)s1. The van der Waals surface area contributed by atoms with Gasteiger partial charge in [-0.25, -0.2) is 0 Å². The molecule has 1 aromatic heterocycles. The fourth-order valence-corrected chi connectivity index (χ4v) is 1.50. The summed E-state index contributed by atoms with van der Waals surface area (Å²) in [5, 5.41) is 11.3. The van der Waals surface area contributed by atoms with Crippen LogP contribution in [0.5, 0.6) is 0 Å². The Balaban J connectivity index is 2.46. The largest absolute Gasteiger partial charge is 0.377 e. The summed E-state index contributed by atoms with van der Waals surface area (Å²) in [5.41, 5.74) is 0. The molecular weight excluding hydrogens is 206 g/mol. The molecule has 14 heavy (non-hydrogen) atoms. The van der Waals surface area contributed by atoms with Gasteiger partial charge in [0.05, 0.1) is 0 Å². The normalized spacial score (nSPS) is 10.1. The van der Waals surface area contributed by atoms with Crippen LogP contribution in [0.3, 0.4) is 0 Å². The van der Waals surface area contributed by atoms with Crippen molar-refractivity contribution in [2.45, 2.75) is 6.61 Å². The minimum absolute atomic E-state index is 0.0131. The molecule has 0 aliphatic heterocycles. The van der Waals surface area contributed by atoms with Gasteiger partial charge in [0.15, 0.2) is 0 Å². The smallest absolute Gasteiger partial charge is 0.252 e. The van der Waals surface area contributed by atoms with E-state index in [9.17, 15) is 4.79 Å². The second kappa shape index (κ2) is 5.63. The predicted molar refractivity (Wildman–Crippen MR) is 51.1 cm³/mol. The van der Waals surface area contributed by atoms with E-state index in [1.54, 1.807) is 7.11 Å². The van der Waals surface area contributed by atoms with Crippen LogP contribution in [0.15, 0.2) is 0 Å². The number of methoxy groups -OCH3 is 2. The molecule has 0 unspecified atom stereocenters. The maximum absolute atomic E-state index is 11.1. The Hall–Kier alpha value is -1.05. The average Bonchev–Trinajstić information content (AvgIpc) is 2.53. The van der Waals surface area contributed by atoms with Gasteiger partial charge in [0.25, 0.3) is 5.91 Å². The third-order valence-corrected chi connectivity index (χ3v) is 2.07. The zero-order valence-corrected chi connectivity index (χ0v) is 8.76. The first-order valence-corrected chi connectivity index (χ1v) is 4.68. The zero-order valence-electron chi connectivity index (χ0n) is 7.94. The molecule has 0 fully saturated rings. The molecule has 0 aromatic carbocycles. The van der Waals surface area contributed by atoms with E-state index in [1.165, 1.54) is 18.4 Å². The quantitative estimate of drug-likeness (QED) is 0.766. The lowest BCUT2D eigenvalue weighted by Gasteiger charge is -1.97. The number of hydrogen-bond donors (Lipinski definition) is 1. The van der Waals surface area contributed by atoms with Crippen LogP contribution in [0.25, 0.3) is 0 Å². The molecule has 78 valence electrons. The number of hydrogen-bond acceptors (Lipinski definition) is 6. The highest BCUT2D eigenvalue weighted by Gasteiger charge is 2.06. The number of carbonyl (C=O) groups excluding carboxylic acids is 1. The molecule has 0 saturated carbocycles. The van der Waals surface area contributed by atoms with Gasteiger partial charge in [-0.3, -0.25) is 10.1 Å². The van der Waals surface area contributed by atoms with E-state index < -0.39 is 0 Å². The van der Waals surface area contributed by atoms with Gasteiger partial charge in [-0.05, 0) is 0 Å². The molecule has 1 rings (SSSR count). The lowest BCUT2D eigenvalue weighted by atomic mass is 10.6. The summed E-state index contributed by atoms with van der Waals surface area (Å²) >= 11 is 1.28. The van der Waals surface area contributed by atoms with Crippen molar-refractivity contribution in [1.82, 2.24) is 10.2 Å². The van der Waals surface area contributed by atoms with E-state index in [4.69, 9.17) is 4.74 Å². The molecule has 6 nitrogen and oxygen atoms in total. The van der Waals surface area contributed by atoms with Gasteiger partial charge in [-0.2, -0.15) is 0 Å². The lowest BCUT2D eigenvalue weighted by Crippen LogP contribution is -2.16. The fourth-order valence-electron chi connectivity index (χ4n) is 0.772. The van der Waals surface area contributed by atoms with Crippen molar-refractivity contribution >= 4 is 22.4 Å². The monoisotopic (exact) mass is 217 g/mol. The first-order valence-electron chi connectivity index (χ1n) is 3.86. The third kappa shape index (κ3) is 3.36. The van der Waals surface area contributed by atoms with Crippen LogP contribution in [0.4, 0.5) is 5.13 Å². The van der Waals surface area contributed by atoms with E-state index in [2.05, 4.69) is 20.3 Å². The van der Waals surface area contributed by atoms with Crippen molar-refractivity contribution in [2.75, 3.05) is 26.1 Å². The number of carbonyl (C=O) groups is 1. The topological polar surface area (TPSA) is 73.3 Å². The fraction of sp³-hybridized carbons (Fsp3) is 0.571. The summed E-state index contributed by atoms with van der Waals surface area (Å²) in [6.07, 6.45) is 0. The highest BCUT2D eigenvalue weighted by atomic mass is 32.1. The van der Waals surface area contributed by atoms with E-state index in [0.717, 1.165) is 5.01 Å². The van der Waals surface area contributed by atoms with Gasteiger partial charge < -0.3 is 9.47 Å². The Morgan fingerprint density at radius 2 is 2.21 bits per heavy atom. The summed E-state index contributed by atoms with van der Waals surface area (Å²) in [6, 6.07) is 0. The van der Waals surface area contributed by atoms with Crippen molar-refractivity contribution in [3.63, 3.8) is 0 Å². The number of anilines is 1. The van der Waals surface area contributed by atoms with E-state index >= 15 is 0 Å². The van der Waals surface area contributed by atoms with Crippen molar-refractivity contribution < 1.29 is 14.3 Å². The number of rotatable bonds is 5. The Bertz CT molecular complexity index is 302.